The van der Waals surface area contributed by atoms with Crippen molar-refractivity contribution in [3.8, 4) is 11.9 Å². The van der Waals surface area contributed by atoms with Gasteiger partial charge >= 0.3 is 0 Å². The fraction of sp³-hybridized carbons (Fsp3) is 0.200. The van der Waals surface area contributed by atoms with Gasteiger partial charge in [0.15, 0.2) is 0 Å². The van der Waals surface area contributed by atoms with E-state index in [0.717, 1.165) is 18.2 Å². The Balaban J connectivity index is 2.30. The number of halogens is 2. The molecule has 0 fully saturated rings. The lowest BCUT2D eigenvalue weighted by Gasteiger charge is -2.24. The maximum absolute atomic E-state index is 14.2. The highest BCUT2D eigenvalue weighted by atomic mass is 19.1. The third-order valence-electron chi connectivity index (χ3n) is 3.64. The Morgan fingerprint density at radius 3 is 2.91 bits per heavy atom. The first-order valence-electron chi connectivity index (χ1n) is 6.66. The van der Waals surface area contributed by atoms with Gasteiger partial charge < -0.3 is 10.5 Å². The number of aryl methyl sites for hydroxylation is 1. The summed E-state index contributed by atoms with van der Waals surface area (Å²) < 4.78 is 33.1. The number of fused-ring (bicyclic) bond motifs is 1. The Morgan fingerprint density at radius 2 is 2.23 bits per heavy atom. The molecule has 7 heteroatoms. The van der Waals surface area contributed by atoms with Crippen molar-refractivity contribution in [3.05, 3.63) is 58.1 Å². The van der Waals surface area contributed by atoms with Crippen LogP contribution in [0.1, 0.15) is 29.7 Å². The SMILES string of the molecule is CCc1[nH]nc2c1C(c1cc(F)ccc1F)C(C#N)=C(N)O2. The number of nitrogens with two attached hydrogens (primary N) is 1. The molecule has 0 amide bonds. The maximum atomic E-state index is 14.2. The summed E-state index contributed by atoms with van der Waals surface area (Å²) in [5, 5.41) is 16.1. The largest absolute Gasteiger partial charge is 0.420 e. The fourth-order valence-corrected chi connectivity index (χ4v) is 2.63. The van der Waals surface area contributed by atoms with Crippen molar-refractivity contribution in [3.63, 3.8) is 0 Å². The third kappa shape index (κ3) is 2.00. The van der Waals surface area contributed by atoms with Crippen molar-refractivity contribution in [2.45, 2.75) is 19.3 Å². The van der Waals surface area contributed by atoms with E-state index in [4.69, 9.17) is 10.5 Å². The second-order valence-corrected chi connectivity index (χ2v) is 4.87. The summed E-state index contributed by atoms with van der Waals surface area (Å²) in [6.07, 6.45) is 0.567. The number of nitrogens with one attached hydrogen (secondary N) is 1. The van der Waals surface area contributed by atoms with Crippen molar-refractivity contribution in [1.82, 2.24) is 10.2 Å². The van der Waals surface area contributed by atoms with Gasteiger partial charge in [0, 0.05) is 11.3 Å². The van der Waals surface area contributed by atoms with Gasteiger partial charge in [-0.1, -0.05) is 6.92 Å². The smallest absolute Gasteiger partial charge is 0.244 e. The summed E-state index contributed by atoms with van der Waals surface area (Å²) in [6, 6.07) is 5.04. The highest BCUT2D eigenvalue weighted by Crippen LogP contribution is 2.43. The van der Waals surface area contributed by atoms with Crippen LogP contribution in [0.2, 0.25) is 0 Å². The second-order valence-electron chi connectivity index (χ2n) is 4.87. The molecule has 5 nitrogen and oxygen atoms in total. The molecule has 0 aliphatic carbocycles. The number of hydrogen-bond acceptors (Lipinski definition) is 4. The van der Waals surface area contributed by atoms with E-state index >= 15 is 0 Å². The van der Waals surface area contributed by atoms with Gasteiger partial charge in [-0.25, -0.2) is 8.78 Å². The quantitative estimate of drug-likeness (QED) is 0.892. The average Bonchev–Trinajstić information content (AvgIpc) is 2.90. The Bertz CT molecular complexity index is 819. The van der Waals surface area contributed by atoms with E-state index in [2.05, 4.69) is 10.2 Å². The van der Waals surface area contributed by atoms with Crippen LogP contribution in [0.3, 0.4) is 0 Å². The number of ether oxygens (including phenoxy) is 1. The molecule has 1 aliphatic heterocycles. The molecule has 1 aromatic carbocycles. The van der Waals surface area contributed by atoms with Crippen molar-refractivity contribution in [2.24, 2.45) is 5.73 Å². The molecule has 1 unspecified atom stereocenters. The second kappa shape index (κ2) is 5.15. The van der Waals surface area contributed by atoms with Crippen LogP contribution in [0.4, 0.5) is 8.78 Å². The van der Waals surface area contributed by atoms with Crippen LogP contribution in [-0.2, 0) is 6.42 Å². The van der Waals surface area contributed by atoms with Gasteiger partial charge in [-0.15, -0.1) is 5.10 Å². The Morgan fingerprint density at radius 1 is 1.45 bits per heavy atom. The summed E-state index contributed by atoms with van der Waals surface area (Å²) in [7, 11) is 0. The van der Waals surface area contributed by atoms with E-state index in [-0.39, 0.29) is 22.9 Å². The molecular weight excluding hydrogens is 290 g/mol. The minimum Gasteiger partial charge on any atom is -0.420 e. The molecule has 2 heterocycles. The topological polar surface area (TPSA) is 87.7 Å². The lowest BCUT2D eigenvalue weighted by Crippen LogP contribution is -2.22. The average molecular weight is 302 g/mol. The van der Waals surface area contributed by atoms with E-state index < -0.39 is 17.6 Å². The summed E-state index contributed by atoms with van der Waals surface area (Å²) in [5.74, 6) is -2.04. The molecule has 0 bridgehead atoms. The molecule has 112 valence electrons. The van der Waals surface area contributed by atoms with Gasteiger partial charge in [0.05, 0.1) is 11.5 Å². The monoisotopic (exact) mass is 302 g/mol. The summed E-state index contributed by atoms with van der Waals surface area (Å²) >= 11 is 0. The number of aromatic nitrogens is 2. The maximum Gasteiger partial charge on any atom is 0.244 e. The number of benzene rings is 1. The van der Waals surface area contributed by atoms with Gasteiger partial charge in [0.25, 0.3) is 0 Å². The summed E-state index contributed by atoms with van der Waals surface area (Å²) in [6.45, 7) is 1.88. The van der Waals surface area contributed by atoms with Gasteiger partial charge in [0.1, 0.15) is 23.3 Å². The van der Waals surface area contributed by atoms with E-state index in [0.29, 0.717) is 17.7 Å². The van der Waals surface area contributed by atoms with Gasteiger partial charge in [-0.05, 0) is 24.6 Å². The number of nitrogens with zero attached hydrogens (tertiary/aromatic N) is 2. The zero-order valence-corrected chi connectivity index (χ0v) is 11.7. The van der Waals surface area contributed by atoms with Crippen molar-refractivity contribution < 1.29 is 13.5 Å². The molecule has 3 N–H and O–H groups in total. The van der Waals surface area contributed by atoms with Crippen molar-refractivity contribution in [1.29, 1.82) is 5.26 Å². The van der Waals surface area contributed by atoms with E-state index in [9.17, 15) is 14.0 Å². The summed E-state index contributed by atoms with van der Waals surface area (Å²) in [4.78, 5) is 0. The fourth-order valence-electron chi connectivity index (χ4n) is 2.63. The van der Waals surface area contributed by atoms with E-state index in [1.807, 2.05) is 13.0 Å². The first kappa shape index (κ1) is 14.1. The molecular formula is C15H12F2N4O. The normalized spacial score (nSPS) is 16.9. The van der Waals surface area contributed by atoms with Crippen LogP contribution in [0.25, 0.3) is 0 Å². The van der Waals surface area contributed by atoms with E-state index in [1.54, 1.807) is 0 Å². The first-order chi connectivity index (χ1) is 10.6. The molecule has 0 radical (unpaired) electrons. The number of nitriles is 1. The Hall–Kier alpha value is -2.88. The molecule has 1 aromatic heterocycles. The highest BCUT2D eigenvalue weighted by Gasteiger charge is 2.36. The highest BCUT2D eigenvalue weighted by molar-refractivity contribution is 5.55. The molecule has 1 aliphatic rings. The molecule has 0 spiro atoms. The molecule has 22 heavy (non-hydrogen) atoms. The summed E-state index contributed by atoms with van der Waals surface area (Å²) in [5.41, 5.74) is 6.99. The van der Waals surface area contributed by atoms with Crippen LogP contribution in [0, 0.1) is 23.0 Å². The third-order valence-corrected chi connectivity index (χ3v) is 3.64. The first-order valence-corrected chi connectivity index (χ1v) is 6.66. The van der Waals surface area contributed by atoms with E-state index in [1.165, 1.54) is 0 Å². The van der Waals surface area contributed by atoms with Crippen LogP contribution in [-0.4, -0.2) is 10.2 Å². The zero-order valence-electron chi connectivity index (χ0n) is 11.7. The minimum atomic E-state index is -0.849. The van der Waals surface area contributed by atoms with Crippen LogP contribution in [0.15, 0.2) is 29.7 Å². The molecule has 1 atom stereocenters. The lowest BCUT2D eigenvalue weighted by atomic mass is 9.83. The van der Waals surface area contributed by atoms with Crippen molar-refractivity contribution in [2.75, 3.05) is 0 Å². The predicted molar refractivity (Wildman–Crippen MR) is 73.6 cm³/mol. The molecule has 0 saturated heterocycles. The lowest BCUT2D eigenvalue weighted by molar-refractivity contribution is 0.377. The predicted octanol–water partition coefficient (Wildman–Crippen LogP) is 2.47. The van der Waals surface area contributed by atoms with Crippen LogP contribution >= 0.6 is 0 Å². The Labute approximate surface area is 125 Å². The van der Waals surface area contributed by atoms with Crippen LogP contribution in [0.5, 0.6) is 5.88 Å². The van der Waals surface area contributed by atoms with Gasteiger partial charge in [0.2, 0.25) is 11.8 Å². The number of hydrogen-bond donors (Lipinski definition) is 2. The molecule has 0 saturated carbocycles. The zero-order chi connectivity index (χ0) is 15.9. The number of allylic oxidation sites excluding steroid dienone is 1. The molecule has 2 aromatic rings. The van der Waals surface area contributed by atoms with Gasteiger partial charge in [-0.2, -0.15) is 5.26 Å². The number of H-pyrrole nitrogens is 1. The number of rotatable bonds is 2. The number of aromatic amines is 1. The van der Waals surface area contributed by atoms with Crippen LogP contribution < -0.4 is 10.5 Å². The molecule has 3 rings (SSSR count). The Kier molecular flexibility index (Phi) is 3.29. The van der Waals surface area contributed by atoms with Gasteiger partial charge in [-0.3, -0.25) is 5.10 Å². The van der Waals surface area contributed by atoms with Crippen molar-refractivity contribution >= 4 is 0 Å². The standard InChI is InChI=1S/C15H12F2N4O/c1-2-11-13-12(8-5-7(16)3-4-10(8)17)9(6-18)14(19)22-15(13)21-20-11/h3-5,12H,2,19H2,1H3,(H,20,21). The minimum absolute atomic E-state index is 0.0279.